The van der Waals surface area contributed by atoms with Gasteiger partial charge in [0.25, 0.3) is 0 Å². The van der Waals surface area contributed by atoms with E-state index in [2.05, 4.69) is 6.92 Å². The van der Waals surface area contributed by atoms with E-state index >= 15 is 0 Å². The summed E-state index contributed by atoms with van der Waals surface area (Å²) < 4.78 is 75.2. The second-order valence-corrected chi connectivity index (χ2v) is 21.3. The van der Waals surface area contributed by atoms with Gasteiger partial charge in [-0.05, 0) is 60.3 Å². The number of esters is 2. The summed E-state index contributed by atoms with van der Waals surface area (Å²) in [6.45, 7) is 13.0. The summed E-state index contributed by atoms with van der Waals surface area (Å²) in [5.74, 6) is -2.20. The third-order valence-corrected chi connectivity index (χ3v) is 15.4. The van der Waals surface area contributed by atoms with E-state index in [4.69, 9.17) is 56.8 Å². The van der Waals surface area contributed by atoms with Crippen LogP contribution < -0.4 is 0 Å². The van der Waals surface area contributed by atoms with Gasteiger partial charge in [0.15, 0.2) is 43.7 Å². The third kappa shape index (κ3) is 15.1. The average Bonchev–Trinajstić information content (AvgIpc) is 3.36. The molecule has 6 saturated heterocycles. The fourth-order valence-electron chi connectivity index (χ4n) is 10.3. The third-order valence-electron chi connectivity index (χ3n) is 15.4. The zero-order valence-electron chi connectivity index (χ0n) is 44.2. The fourth-order valence-corrected chi connectivity index (χ4v) is 10.3. The van der Waals surface area contributed by atoms with Gasteiger partial charge in [-0.2, -0.15) is 0 Å². The topological polar surface area (TPSA) is 327 Å². The zero-order valence-corrected chi connectivity index (χ0v) is 44.2. The standard InChI is InChI=1S/C51H88O23/c1-9-11-17-20-29-21-18-15-13-12-14-16-19-22-30(52)69-43-39(61)40(27(7)66-50(43)73-42-36(58)33(55)26(6)65-49(42)68-29)71-51-45(70-46(62)23(3)10-2)44(74-48-38(60)35(57)32(54)25(5)64-48)41(28(8)67-51)72-47-37(59)34(56)31(53)24(4)63-47/h23-29,31-45,47-51,53-61H,9-22H2,1-8H3/t23-,24-,25-,26+,27-,28-,29?,31-,32-,33-,34+,35+,36-,37+,38+,39+,40-,41-,42+,43+,44+,45+,47-,48-,49+,50-,51-/m0/s1. The first-order valence-electron chi connectivity index (χ1n) is 27.2. The van der Waals surface area contributed by atoms with Gasteiger partial charge in [-0.3, -0.25) is 9.59 Å². The summed E-state index contributed by atoms with van der Waals surface area (Å²) in [5.41, 5.74) is 0. The molecule has 0 saturated carbocycles. The number of aliphatic hydroxyl groups is 9. The summed E-state index contributed by atoms with van der Waals surface area (Å²) in [6.07, 6.45) is -27.3. The Balaban J connectivity index is 1.34. The van der Waals surface area contributed by atoms with Crippen molar-refractivity contribution in [3.8, 4) is 0 Å². The maximum absolute atomic E-state index is 13.9. The summed E-state index contributed by atoms with van der Waals surface area (Å²) in [4.78, 5) is 27.6. The SMILES string of the molecule is CCCCCC1CCCCCCCCCC(=O)O[C@H]2[C@H](O[C@H]3[C@@H](O1)O[C@H](C)[C@H](O)[C@@H]3O)O[C@@H](C)[C@H](O[C@@H]1O[C@@H](C)[C@H](O[C@@H]3O[C@@H](C)[C@H](O)[C@@H](O)[C@H]3O)[C@@H](O[C@@H]3O[C@@H](C)[C@H](O)[C@@H](O)[C@H]3O)[C@H]1OC(=O)[C@@H](C)CC)[C@H]2O. The van der Waals surface area contributed by atoms with Crippen molar-refractivity contribution >= 4 is 11.9 Å². The molecular formula is C51H88O23. The number of rotatable bonds is 13. The summed E-state index contributed by atoms with van der Waals surface area (Å²) in [7, 11) is 0. The molecule has 6 heterocycles. The average molecular weight is 1070 g/mol. The van der Waals surface area contributed by atoms with Gasteiger partial charge in [-0.1, -0.05) is 78.6 Å². The number of hydrogen-bond donors (Lipinski definition) is 9. The molecule has 0 aromatic carbocycles. The molecule has 27 atom stereocenters. The first kappa shape index (κ1) is 61.4. The Morgan fingerprint density at radius 2 is 1.01 bits per heavy atom. The molecule has 6 aliphatic heterocycles. The van der Waals surface area contributed by atoms with Gasteiger partial charge in [-0.25, -0.2) is 0 Å². The van der Waals surface area contributed by atoms with Gasteiger partial charge in [0.2, 0.25) is 0 Å². The van der Waals surface area contributed by atoms with Crippen LogP contribution >= 0.6 is 0 Å². The Morgan fingerprint density at radius 1 is 0.514 bits per heavy atom. The van der Waals surface area contributed by atoms with E-state index in [0.717, 1.165) is 70.6 Å². The van der Waals surface area contributed by atoms with Crippen molar-refractivity contribution < 1.29 is 112 Å². The van der Waals surface area contributed by atoms with Crippen LogP contribution in [-0.4, -0.2) is 218 Å². The van der Waals surface area contributed by atoms with Crippen molar-refractivity contribution in [1.82, 2.24) is 0 Å². The van der Waals surface area contributed by atoms with Crippen molar-refractivity contribution in [2.24, 2.45) is 5.92 Å². The Labute approximate surface area is 434 Å². The lowest BCUT2D eigenvalue weighted by molar-refractivity contribution is -0.399. The van der Waals surface area contributed by atoms with Crippen LogP contribution in [0.4, 0.5) is 0 Å². The molecule has 1 unspecified atom stereocenters. The fraction of sp³-hybridized carbons (Fsp3) is 0.961. The van der Waals surface area contributed by atoms with E-state index in [1.165, 1.54) is 27.7 Å². The lowest BCUT2D eigenvalue weighted by Crippen LogP contribution is -2.68. The van der Waals surface area contributed by atoms with Crippen LogP contribution in [-0.2, 0) is 66.4 Å². The van der Waals surface area contributed by atoms with E-state index in [1.807, 2.05) is 0 Å². The summed E-state index contributed by atoms with van der Waals surface area (Å²) >= 11 is 0. The normalized spacial score (nSPS) is 47.0. The molecule has 23 nitrogen and oxygen atoms in total. The monoisotopic (exact) mass is 1070 g/mol. The lowest BCUT2D eigenvalue weighted by atomic mass is 9.95. The molecule has 74 heavy (non-hydrogen) atoms. The van der Waals surface area contributed by atoms with Crippen LogP contribution in [0.5, 0.6) is 0 Å². The highest BCUT2D eigenvalue weighted by molar-refractivity contribution is 5.72. The highest BCUT2D eigenvalue weighted by atomic mass is 16.8. The molecule has 6 fully saturated rings. The Bertz CT molecular complexity index is 1700. The molecule has 23 heteroatoms. The largest absolute Gasteiger partial charge is 0.454 e. The molecule has 0 radical (unpaired) electrons. The van der Waals surface area contributed by atoms with Crippen LogP contribution in [0.15, 0.2) is 0 Å². The maximum atomic E-state index is 13.9. The van der Waals surface area contributed by atoms with Crippen LogP contribution in [0, 0.1) is 5.92 Å². The van der Waals surface area contributed by atoms with Gasteiger partial charge >= 0.3 is 11.9 Å². The second kappa shape index (κ2) is 28.4. The van der Waals surface area contributed by atoms with Crippen molar-refractivity contribution in [1.29, 1.82) is 0 Å². The molecule has 0 amide bonds. The van der Waals surface area contributed by atoms with Crippen LogP contribution in [0.2, 0.25) is 0 Å². The predicted molar refractivity (Wildman–Crippen MR) is 255 cm³/mol. The van der Waals surface area contributed by atoms with E-state index in [1.54, 1.807) is 20.8 Å². The van der Waals surface area contributed by atoms with Gasteiger partial charge in [0, 0.05) is 6.42 Å². The molecule has 9 N–H and O–H groups in total. The first-order valence-corrected chi connectivity index (χ1v) is 27.2. The molecule has 0 aromatic rings. The first-order chi connectivity index (χ1) is 35.2. The molecular weight excluding hydrogens is 981 g/mol. The minimum absolute atomic E-state index is 0.0154. The number of carbonyl (C=O) groups is 2. The summed E-state index contributed by atoms with van der Waals surface area (Å²) in [6, 6.07) is 0. The maximum Gasteiger partial charge on any atom is 0.309 e. The van der Waals surface area contributed by atoms with Crippen LogP contribution in [0.3, 0.4) is 0 Å². The molecule has 0 bridgehead atoms. The lowest BCUT2D eigenvalue weighted by Gasteiger charge is -2.51. The van der Waals surface area contributed by atoms with E-state index in [9.17, 15) is 55.5 Å². The molecule has 0 aromatic heterocycles. The zero-order chi connectivity index (χ0) is 54.1. The number of fused-ring (bicyclic) bond motifs is 2. The quantitative estimate of drug-likeness (QED) is 0.0912. The molecule has 6 aliphatic rings. The number of carbonyl (C=O) groups excluding carboxylic acids is 2. The van der Waals surface area contributed by atoms with E-state index in [0.29, 0.717) is 12.8 Å². The highest BCUT2D eigenvalue weighted by Gasteiger charge is 2.58. The highest BCUT2D eigenvalue weighted by Crippen LogP contribution is 2.39. The van der Waals surface area contributed by atoms with Crippen molar-refractivity contribution in [2.75, 3.05) is 0 Å². The van der Waals surface area contributed by atoms with Crippen molar-refractivity contribution in [3.63, 3.8) is 0 Å². The number of aliphatic hydroxyl groups excluding tert-OH is 9. The molecule has 0 aliphatic carbocycles. The minimum atomic E-state index is -1.88. The van der Waals surface area contributed by atoms with Gasteiger partial charge in [0.05, 0.1) is 42.5 Å². The van der Waals surface area contributed by atoms with Gasteiger partial charge < -0.3 is 103 Å². The number of hydrogen-bond acceptors (Lipinski definition) is 23. The van der Waals surface area contributed by atoms with E-state index in [-0.39, 0.29) is 12.5 Å². The Morgan fingerprint density at radius 3 is 1.62 bits per heavy atom. The predicted octanol–water partition coefficient (Wildman–Crippen LogP) is 0.859. The Kier molecular flexibility index (Phi) is 23.5. The molecule has 6 rings (SSSR count). The van der Waals surface area contributed by atoms with Crippen molar-refractivity contribution in [3.05, 3.63) is 0 Å². The van der Waals surface area contributed by atoms with Gasteiger partial charge in [-0.15, -0.1) is 0 Å². The molecule has 0 spiro atoms. The van der Waals surface area contributed by atoms with Crippen molar-refractivity contribution in [2.45, 2.75) is 305 Å². The second-order valence-electron chi connectivity index (χ2n) is 21.3. The van der Waals surface area contributed by atoms with Gasteiger partial charge in [0.1, 0.15) is 79.4 Å². The van der Waals surface area contributed by atoms with Crippen LogP contribution in [0.1, 0.15) is 145 Å². The number of unbranched alkanes of at least 4 members (excludes halogenated alkanes) is 2. The smallest absolute Gasteiger partial charge is 0.309 e. The summed E-state index contributed by atoms with van der Waals surface area (Å²) in [5, 5.41) is 100. The Hall–Kier alpha value is -1.82. The molecule has 430 valence electrons. The van der Waals surface area contributed by atoms with Crippen LogP contribution in [0.25, 0.3) is 0 Å². The minimum Gasteiger partial charge on any atom is -0.454 e. The van der Waals surface area contributed by atoms with E-state index < -0.39 is 171 Å². The number of ether oxygens (including phenoxy) is 12.